The molecule has 0 bridgehead atoms. The first-order valence-corrected chi connectivity index (χ1v) is 16.5. The number of carboxylic acid groups (broad SMARTS) is 1. The third-order valence-electron chi connectivity index (χ3n) is 6.45. The summed E-state index contributed by atoms with van der Waals surface area (Å²) < 4.78 is 8.88. The van der Waals surface area contributed by atoms with Crippen LogP contribution in [0.1, 0.15) is 161 Å². The summed E-state index contributed by atoms with van der Waals surface area (Å²) >= 11 is 0. The minimum atomic E-state index is -4.64. The predicted molar refractivity (Wildman–Crippen MR) is 151 cm³/mol. The van der Waals surface area contributed by atoms with Gasteiger partial charge in [0.25, 0.3) is 0 Å². The molecule has 0 aliphatic rings. The molecule has 0 aromatic carbocycles. The van der Waals surface area contributed by atoms with E-state index in [1.165, 1.54) is 148 Å². The van der Waals surface area contributed by atoms with Gasteiger partial charge >= 0.3 is 13.8 Å². The van der Waals surface area contributed by atoms with Crippen molar-refractivity contribution in [2.24, 2.45) is 0 Å². The van der Waals surface area contributed by atoms with E-state index in [0.717, 1.165) is 12.8 Å². The van der Waals surface area contributed by atoms with Crippen LogP contribution >= 0.6 is 7.82 Å². The van der Waals surface area contributed by atoms with Crippen molar-refractivity contribution in [3.8, 4) is 0 Å². The number of phosphoric acid groups is 1. The number of carboxylic acids is 1. The average molecular weight is 538 g/mol. The normalized spacial score (nSPS) is 11.3. The van der Waals surface area contributed by atoms with Crippen LogP contribution < -0.4 is 5.32 Å². The van der Waals surface area contributed by atoms with Crippen molar-refractivity contribution in [2.75, 3.05) is 13.1 Å². The van der Waals surface area contributed by atoms with Crippen LogP contribution in [-0.4, -0.2) is 38.8 Å². The Kier molecular flexibility index (Phi) is 32.2. The second-order valence-corrected chi connectivity index (χ2v) is 11.2. The molecule has 0 aromatic heterocycles. The van der Waals surface area contributed by atoms with Crippen molar-refractivity contribution in [2.45, 2.75) is 161 Å². The molecule has 0 aliphatic heterocycles. The second kappa shape index (κ2) is 30.8. The van der Waals surface area contributed by atoms with Crippen molar-refractivity contribution in [3.63, 3.8) is 0 Å². The Balaban J connectivity index is 0. The Morgan fingerprint density at radius 2 is 0.778 bits per heavy atom. The topological polar surface area (TPSA) is 127 Å². The maximum atomic E-state index is 10.4. The van der Waals surface area contributed by atoms with Gasteiger partial charge in [-0.1, -0.05) is 135 Å². The predicted octanol–water partition coefficient (Wildman–Crippen LogP) is 8.11. The third kappa shape index (κ3) is 46.8. The first kappa shape index (κ1) is 37.7. The van der Waals surface area contributed by atoms with Gasteiger partial charge in [0.05, 0.1) is 0 Å². The lowest BCUT2D eigenvalue weighted by Crippen LogP contribution is -2.16. The van der Waals surface area contributed by atoms with Crippen LogP contribution in [0, 0.1) is 0 Å². The maximum Gasteiger partial charge on any atom is 0.466 e. The van der Waals surface area contributed by atoms with Crippen LogP contribution in [-0.2, 0) is 9.36 Å². The quantitative estimate of drug-likeness (QED) is 0.0529. The van der Waals surface area contributed by atoms with Crippen molar-refractivity contribution in [1.29, 1.82) is 0 Å². The highest BCUT2D eigenvalue weighted by Gasteiger charge is 2.00. The summed E-state index contributed by atoms with van der Waals surface area (Å²) in [5, 5.41) is 12.2. The van der Waals surface area contributed by atoms with Gasteiger partial charge in [0.15, 0.2) is 0 Å². The summed E-state index contributed by atoms with van der Waals surface area (Å²) in [6.07, 6.45) is 31.4. The number of carbonyl (C=O) groups is 1. The lowest BCUT2D eigenvalue weighted by atomic mass is 10.0. The van der Waals surface area contributed by atoms with E-state index in [0.29, 0.717) is 6.42 Å². The van der Waals surface area contributed by atoms with Gasteiger partial charge < -0.3 is 25.1 Å². The first-order chi connectivity index (χ1) is 17.3. The van der Waals surface area contributed by atoms with E-state index in [2.05, 4.69) is 12.2 Å². The molecule has 7 nitrogen and oxygen atoms in total. The molecule has 0 heterocycles. The molecular weight excluding hydrogens is 477 g/mol. The lowest BCUT2D eigenvalue weighted by molar-refractivity contribution is -0.137. The Bertz CT molecular complexity index is 478. The summed E-state index contributed by atoms with van der Waals surface area (Å²) in [6.45, 7) is 4.72. The van der Waals surface area contributed by atoms with Crippen LogP contribution in [0.15, 0.2) is 0 Å². The van der Waals surface area contributed by atoms with E-state index in [-0.39, 0.29) is 0 Å². The number of unbranched alkanes of at least 4 members (excludes halogenated alkanes) is 21. The third-order valence-corrected chi connectivity index (χ3v) is 6.45. The molecule has 5 N–H and O–H groups in total. The molecule has 218 valence electrons. The molecular formula is C28H60NO6P. The van der Waals surface area contributed by atoms with Crippen LogP contribution in [0.2, 0.25) is 0 Å². The van der Waals surface area contributed by atoms with E-state index >= 15 is 0 Å². The summed E-state index contributed by atoms with van der Waals surface area (Å²) in [5.74, 6) is -0.652. The van der Waals surface area contributed by atoms with Gasteiger partial charge in [0, 0.05) is 6.42 Å². The Labute approximate surface area is 222 Å². The first-order valence-electron chi connectivity index (χ1n) is 15.0. The van der Waals surface area contributed by atoms with Gasteiger partial charge in [0.2, 0.25) is 0 Å². The van der Waals surface area contributed by atoms with Crippen molar-refractivity contribution < 1.29 is 29.1 Å². The van der Waals surface area contributed by atoms with Crippen molar-refractivity contribution in [1.82, 2.24) is 5.32 Å². The molecule has 0 atom stereocenters. The van der Waals surface area contributed by atoms with Crippen LogP contribution in [0.25, 0.3) is 0 Å². The number of rotatable bonds is 27. The molecule has 0 spiro atoms. The molecule has 0 amide bonds. The zero-order valence-corrected chi connectivity index (χ0v) is 24.3. The minimum Gasteiger partial charge on any atom is -0.481 e. The molecule has 36 heavy (non-hydrogen) atoms. The summed E-state index contributed by atoms with van der Waals surface area (Å²) in [4.78, 5) is 32.0. The average Bonchev–Trinajstić information content (AvgIpc) is 2.80. The summed E-state index contributed by atoms with van der Waals surface area (Å²) in [7, 11) is -4.64. The largest absolute Gasteiger partial charge is 0.481 e. The van der Waals surface area contributed by atoms with Crippen LogP contribution in [0.3, 0.4) is 0 Å². The van der Waals surface area contributed by atoms with Gasteiger partial charge in [-0.2, -0.15) is 0 Å². The Morgan fingerprint density at radius 1 is 0.528 bits per heavy atom. The molecule has 0 aliphatic carbocycles. The summed E-state index contributed by atoms with van der Waals surface area (Å²) in [5.41, 5.74) is 0. The minimum absolute atomic E-state index is 0.343. The number of hydrogen-bond acceptors (Lipinski definition) is 3. The van der Waals surface area contributed by atoms with E-state index in [9.17, 15) is 4.79 Å². The fourth-order valence-electron chi connectivity index (χ4n) is 4.33. The van der Waals surface area contributed by atoms with Crippen molar-refractivity contribution in [3.05, 3.63) is 0 Å². The number of aliphatic carboxylic acids is 1. The Morgan fingerprint density at radius 3 is 1.06 bits per heavy atom. The SMILES string of the molecule is CCCCCCCCCCCCNCCCCCCCCCCCCCCCC(=O)O.O=P(O)(O)O. The molecule has 8 heteroatoms. The van der Waals surface area contributed by atoms with Crippen molar-refractivity contribution >= 4 is 13.8 Å². The highest BCUT2D eigenvalue weighted by Crippen LogP contribution is 2.25. The Hall–Kier alpha value is -0.460. The molecule has 0 aromatic rings. The maximum absolute atomic E-state index is 10.4. The lowest BCUT2D eigenvalue weighted by Gasteiger charge is -2.06. The van der Waals surface area contributed by atoms with E-state index < -0.39 is 13.8 Å². The van der Waals surface area contributed by atoms with Gasteiger partial charge in [0.1, 0.15) is 0 Å². The molecule has 0 radical (unpaired) electrons. The molecule has 0 rings (SSSR count). The molecule has 0 unspecified atom stereocenters. The zero-order valence-electron chi connectivity index (χ0n) is 23.4. The fraction of sp³-hybridized carbons (Fsp3) is 0.964. The molecule has 0 fully saturated rings. The molecule has 0 saturated carbocycles. The fourth-order valence-corrected chi connectivity index (χ4v) is 4.33. The van der Waals surface area contributed by atoms with Gasteiger partial charge in [-0.3, -0.25) is 4.79 Å². The second-order valence-electron chi connectivity index (χ2n) is 10.2. The number of hydrogen-bond donors (Lipinski definition) is 5. The van der Waals surface area contributed by atoms with E-state index in [1.54, 1.807) is 0 Å². The van der Waals surface area contributed by atoms with E-state index in [4.69, 9.17) is 24.4 Å². The van der Waals surface area contributed by atoms with Gasteiger partial charge in [-0.05, 0) is 32.4 Å². The smallest absolute Gasteiger partial charge is 0.466 e. The summed E-state index contributed by atoms with van der Waals surface area (Å²) in [6, 6.07) is 0. The zero-order chi connectivity index (χ0) is 27.2. The number of nitrogens with one attached hydrogen (secondary N) is 1. The van der Waals surface area contributed by atoms with E-state index in [1.807, 2.05) is 0 Å². The van der Waals surface area contributed by atoms with Crippen LogP contribution in [0.4, 0.5) is 0 Å². The highest BCUT2D eigenvalue weighted by atomic mass is 31.2. The van der Waals surface area contributed by atoms with Gasteiger partial charge in [-0.25, -0.2) is 4.57 Å². The molecule has 0 saturated heterocycles. The monoisotopic (exact) mass is 537 g/mol. The van der Waals surface area contributed by atoms with Crippen LogP contribution in [0.5, 0.6) is 0 Å². The van der Waals surface area contributed by atoms with Gasteiger partial charge in [-0.15, -0.1) is 0 Å². The standard InChI is InChI=1S/C28H57NO2.H3O4P/c1-2-3-4-5-6-7-14-17-20-23-26-29-27-24-21-18-15-12-10-8-9-11-13-16-19-22-25-28(30)31;1-5(2,3)4/h29H,2-27H2,1H3,(H,30,31);(H3,1,2,3,4). The highest BCUT2D eigenvalue weighted by molar-refractivity contribution is 7.45.